The lowest BCUT2D eigenvalue weighted by molar-refractivity contribution is 0.0811. The minimum absolute atomic E-state index is 0.0531. The first-order chi connectivity index (χ1) is 16.9. The van der Waals surface area contributed by atoms with E-state index in [0.717, 1.165) is 5.56 Å². The van der Waals surface area contributed by atoms with E-state index in [1.807, 2.05) is 37.3 Å². The molecule has 35 heavy (non-hydrogen) atoms. The summed E-state index contributed by atoms with van der Waals surface area (Å²) in [6, 6.07) is 25.1. The van der Waals surface area contributed by atoms with Gasteiger partial charge < -0.3 is 19.3 Å². The van der Waals surface area contributed by atoms with Crippen molar-refractivity contribution in [1.82, 2.24) is 4.67 Å². The summed E-state index contributed by atoms with van der Waals surface area (Å²) in [5.74, 6) is 0.593. The highest BCUT2D eigenvalue weighted by Gasteiger charge is 2.32. The zero-order chi connectivity index (χ0) is 25.1. The molecule has 8 heteroatoms. The van der Waals surface area contributed by atoms with Gasteiger partial charge in [-0.05, 0) is 42.7 Å². The molecule has 2 atom stereocenters. The Kier molecular flexibility index (Phi) is 10.1. The largest absolute Gasteiger partial charge is 0.490 e. The molecule has 0 spiro atoms. The lowest BCUT2D eigenvalue weighted by Gasteiger charge is -2.28. The molecule has 3 rings (SSSR count). The van der Waals surface area contributed by atoms with Crippen LogP contribution in [0.3, 0.4) is 0 Å². The first-order valence-corrected chi connectivity index (χ1v) is 13.2. The second-order valence-electron chi connectivity index (χ2n) is 8.18. The zero-order valence-corrected chi connectivity index (χ0v) is 20.7. The molecule has 0 aliphatic carbocycles. The summed E-state index contributed by atoms with van der Waals surface area (Å²) in [5.41, 5.74) is 1.53. The number of benzene rings is 3. The third-order valence-electron chi connectivity index (χ3n) is 5.33. The standard InChI is InChI=1S/C27H32NO6P/c1-2-19-28(35(31,32)34-24-13-7-4-8-14-24)20-23(29)21-33-27-16-10-9-15-25(27)26(30)18-17-22-11-5-3-6-12-22/h3-16,23,29H,2,17-21H2,1H3,(H,31,32). The van der Waals surface area contributed by atoms with Crippen LogP contribution in [0.2, 0.25) is 0 Å². The van der Waals surface area contributed by atoms with Crippen LogP contribution in [0, 0.1) is 0 Å². The number of ketones is 1. The number of aryl methyl sites for hydroxylation is 1. The Morgan fingerprint density at radius 2 is 1.60 bits per heavy atom. The number of aliphatic hydroxyl groups is 1. The number of carbonyl (C=O) groups is 1. The lowest BCUT2D eigenvalue weighted by atomic mass is 10.0. The summed E-state index contributed by atoms with van der Waals surface area (Å²) >= 11 is 0. The van der Waals surface area contributed by atoms with Crippen molar-refractivity contribution in [3.05, 3.63) is 96.1 Å². The fraction of sp³-hybridized carbons (Fsp3) is 0.296. The van der Waals surface area contributed by atoms with Gasteiger partial charge in [0.15, 0.2) is 5.78 Å². The first-order valence-electron chi connectivity index (χ1n) is 11.7. The Hall–Kier alpha value is -2.96. The van der Waals surface area contributed by atoms with Crippen LogP contribution in [-0.2, 0) is 11.0 Å². The van der Waals surface area contributed by atoms with Gasteiger partial charge in [0, 0.05) is 19.5 Å². The summed E-state index contributed by atoms with van der Waals surface area (Å²) < 4.78 is 25.2. The molecule has 0 aliphatic rings. The number of aliphatic hydroxyl groups excluding tert-OH is 1. The highest BCUT2D eigenvalue weighted by Crippen LogP contribution is 2.46. The van der Waals surface area contributed by atoms with Crippen molar-refractivity contribution in [1.29, 1.82) is 0 Å². The van der Waals surface area contributed by atoms with Gasteiger partial charge in [-0.15, -0.1) is 0 Å². The number of hydrogen-bond acceptors (Lipinski definition) is 5. The van der Waals surface area contributed by atoms with E-state index >= 15 is 0 Å². The minimum atomic E-state index is -4.19. The Labute approximate surface area is 206 Å². The Morgan fingerprint density at radius 1 is 0.971 bits per heavy atom. The molecule has 3 aromatic rings. The van der Waals surface area contributed by atoms with Crippen LogP contribution in [0.4, 0.5) is 0 Å². The maximum atomic E-state index is 12.9. The van der Waals surface area contributed by atoms with E-state index in [-0.39, 0.29) is 31.2 Å². The normalized spacial score (nSPS) is 13.7. The molecule has 0 saturated heterocycles. The fourth-order valence-electron chi connectivity index (χ4n) is 3.60. The maximum Gasteiger partial charge on any atom is 0.458 e. The van der Waals surface area contributed by atoms with Crippen molar-refractivity contribution in [2.45, 2.75) is 32.3 Å². The van der Waals surface area contributed by atoms with E-state index in [1.165, 1.54) is 4.67 Å². The molecule has 7 nitrogen and oxygen atoms in total. The summed E-state index contributed by atoms with van der Waals surface area (Å²) in [5, 5.41) is 10.6. The minimum Gasteiger partial charge on any atom is -0.490 e. The average Bonchev–Trinajstić information content (AvgIpc) is 2.87. The van der Waals surface area contributed by atoms with E-state index < -0.39 is 13.9 Å². The molecule has 0 aliphatic heterocycles. The van der Waals surface area contributed by atoms with Crippen LogP contribution in [0.5, 0.6) is 11.5 Å². The highest BCUT2D eigenvalue weighted by molar-refractivity contribution is 7.50. The van der Waals surface area contributed by atoms with Gasteiger partial charge in [0.05, 0.1) is 5.56 Å². The quantitative estimate of drug-likeness (QED) is 0.235. The number of Topliss-reactive ketones (excluding diaryl/α,β-unsaturated/α-hetero) is 1. The van der Waals surface area contributed by atoms with Crippen molar-refractivity contribution >= 4 is 13.5 Å². The number of nitrogens with zero attached hydrogens (tertiary/aromatic N) is 1. The number of para-hydroxylation sites is 2. The van der Waals surface area contributed by atoms with Crippen LogP contribution < -0.4 is 9.26 Å². The van der Waals surface area contributed by atoms with Crippen molar-refractivity contribution in [3.8, 4) is 11.5 Å². The second-order valence-corrected chi connectivity index (χ2v) is 9.91. The molecule has 186 valence electrons. The van der Waals surface area contributed by atoms with Gasteiger partial charge in [-0.25, -0.2) is 4.57 Å². The molecule has 0 amide bonds. The lowest BCUT2D eigenvalue weighted by Crippen LogP contribution is -2.35. The Morgan fingerprint density at radius 3 is 2.29 bits per heavy atom. The molecular formula is C27H32NO6P. The summed E-state index contributed by atoms with van der Waals surface area (Å²) in [4.78, 5) is 23.3. The number of carbonyl (C=O) groups excluding carboxylic acids is 1. The number of rotatable bonds is 14. The van der Waals surface area contributed by atoms with E-state index in [2.05, 4.69) is 0 Å². The summed E-state index contributed by atoms with van der Waals surface area (Å²) in [6.45, 7) is 1.86. The molecule has 0 bridgehead atoms. The van der Waals surface area contributed by atoms with Crippen molar-refractivity contribution in [2.75, 3.05) is 19.7 Å². The van der Waals surface area contributed by atoms with Crippen LogP contribution in [0.25, 0.3) is 0 Å². The summed E-state index contributed by atoms with van der Waals surface area (Å²) in [6.07, 6.45) is 0.473. The molecular weight excluding hydrogens is 465 g/mol. The molecule has 3 aromatic carbocycles. The summed E-state index contributed by atoms with van der Waals surface area (Å²) in [7, 11) is -4.19. The van der Waals surface area contributed by atoms with Crippen molar-refractivity contribution < 1.29 is 28.6 Å². The maximum absolute atomic E-state index is 12.9. The third-order valence-corrected chi connectivity index (χ3v) is 6.86. The van der Waals surface area contributed by atoms with Crippen LogP contribution in [0.15, 0.2) is 84.9 Å². The Bertz CT molecular complexity index is 1110. The highest BCUT2D eigenvalue weighted by atomic mass is 31.2. The molecule has 0 saturated carbocycles. The third kappa shape index (κ3) is 8.34. The van der Waals surface area contributed by atoms with E-state index in [0.29, 0.717) is 30.6 Å². The zero-order valence-electron chi connectivity index (χ0n) is 19.8. The predicted molar refractivity (Wildman–Crippen MR) is 136 cm³/mol. The topological polar surface area (TPSA) is 96.3 Å². The van der Waals surface area contributed by atoms with E-state index in [9.17, 15) is 19.4 Å². The van der Waals surface area contributed by atoms with Gasteiger partial charge in [0.2, 0.25) is 0 Å². The first kappa shape index (κ1) is 26.6. The van der Waals surface area contributed by atoms with Crippen LogP contribution >= 0.6 is 7.75 Å². The monoisotopic (exact) mass is 497 g/mol. The smallest absolute Gasteiger partial charge is 0.458 e. The van der Waals surface area contributed by atoms with Crippen molar-refractivity contribution in [2.24, 2.45) is 0 Å². The Balaban J connectivity index is 1.59. The van der Waals surface area contributed by atoms with Gasteiger partial charge >= 0.3 is 7.75 Å². The van der Waals surface area contributed by atoms with Crippen LogP contribution in [-0.4, -0.2) is 46.3 Å². The second kappa shape index (κ2) is 13.2. The van der Waals surface area contributed by atoms with E-state index in [1.54, 1.807) is 54.6 Å². The SMILES string of the molecule is CCCN(CC(O)COc1ccccc1C(=O)CCc1ccccc1)P(=O)(O)Oc1ccccc1. The van der Waals surface area contributed by atoms with Gasteiger partial charge in [0.1, 0.15) is 24.2 Å². The predicted octanol–water partition coefficient (Wildman–Crippen LogP) is 5.13. The number of hydrogen-bond donors (Lipinski definition) is 2. The molecule has 0 fully saturated rings. The van der Waals surface area contributed by atoms with Crippen molar-refractivity contribution in [3.63, 3.8) is 0 Å². The van der Waals surface area contributed by atoms with Gasteiger partial charge in [0.25, 0.3) is 0 Å². The van der Waals surface area contributed by atoms with Gasteiger partial charge in [-0.2, -0.15) is 4.67 Å². The molecule has 2 unspecified atom stereocenters. The molecule has 0 radical (unpaired) electrons. The number of ether oxygens (including phenoxy) is 1. The fourth-order valence-corrected chi connectivity index (χ4v) is 4.96. The molecule has 0 aromatic heterocycles. The average molecular weight is 498 g/mol. The van der Waals surface area contributed by atoms with Gasteiger partial charge in [-0.3, -0.25) is 4.79 Å². The van der Waals surface area contributed by atoms with E-state index in [4.69, 9.17) is 9.26 Å². The molecule has 2 N–H and O–H groups in total. The van der Waals surface area contributed by atoms with Crippen LogP contribution in [0.1, 0.15) is 35.7 Å². The van der Waals surface area contributed by atoms with Gasteiger partial charge in [-0.1, -0.05) is 67.6 Å². The molecule has 0 heterocycles.